The Hall–Kier alpha value is -0.835. The zero-order valence-electron chi connectivity index (χ0n) is 8.38. The molecule has 4 heteroatoms. The molecule has 1 atom stereocenters. The highest BCUT2D eigenvalue weighted by molar-refractivity contribution is 6.58. The minimum absolute atomic E-state index is 0.153. The van der Waals surface area contributed by atoms with Crippen LogP contribution in [0.15, 0.2) is 24.3 Å². The summed E-state index contributed by atoms with van der Waals surface area (Å²) in [4.78, 5) is 0. The van der Waals surface area contributed by atoms with E-state index in [0.29, 0.717) is 5.46 Å². The fourth-order valence-corrected chi connectivity index (χ4v) is 1.25. The van der Waals surface area contributed by atoms with Gasteiger partial charge in [-0.3, -0.25) is 0 Å². The Kier molecular flexibility index (Phi) is 3.69. The van der Waals surface area contributed by atoms with Crippen molar-refractivity contribution in [2.75, 3.05) is 0 Å². The van der Waals surface area contributed by atoms with Gasteiger partial charge in [-0.05, 0) is 16.9 Å². The van der Waals surface area contributed by atoms with Crippen molar-refractivity contribution in [2.45, 2.75) is 20.0 Å². The van der Waals surface area contributed by atoms with Crippen molar-refractivity contribution in [3.05, 3.63) is 29.8 Å². The smallest absolute Gasteiger partial charge is 0.423 e. The Bertz CT molecular complexity index is 282. The lowest BCUT2D eigenvalue weighted by Crippen LogP contribution is -2.29. The van der Waals surface area contributed by atoms with Crippen molar-refractivity contribution in [3.63, 3.8) is 0 Å². The van der Waals surface area contributed by atoms with E-state index >= 15 is 0 Å². The first-order valence-electron chi connectivity index (χ1n) is 4.66. The Morgan fingerprint density at radius 3 is 1.93 bits per heavy atom. The summed E-state index contributed by atoms with van der Waals surface area (Å²) in [7, 11) is -1.44. The first-order valence-corrected chi connectivity index (χ1v) is 4.66. The van der Waals surface area contributed by atoms with Crippen LogP contribution in [0.2, 0.25) is 0 Å². The Morgan fingerprint density at radius 1 is 1.07 bits per heavy atom. The fraction of sp³-hybridized carbons (Fsp3) is 0.400. The molecule has 0 amide bonds. The molecule has 0 radical (unpaired) electrons. The van der Waals surface area contributed by atoms with Gasteiger partial charge in [-0.1, -0.05) is 38.1 Å². The van der Waals surface area contributed by atoms with Crippen molar-refractivity contribution in [3.8, 4) is 0 Å². The SMILES string of the molecule is CC(C)C(O)c1ccc(B(O)O)cc1. The summed E-state index contributed by atoms with van der Waals surface area (Å²) in [6.07, 6.45) is -0.500. The predicted molar refractivity (Wildman–Crippen MR) is 56.1 cm³/mol. The molecule has 14 heavy (non-hydrogen) atoms. The summed E-state index contributed by atoms with van der Waals surface area (Å²) in [5.41, 5.74) is 1.23. The van der Waals surface area contributed by atoms with Crippen LogP contribution in [0.4, 0.5) is 0 Å². The number of hydrogen-bond donors (Lipinski definition) is 3. The second kappa shape index (κ2) is 4.60. The van der Waals surface area contributed by atoms with Crippen molar-refractivity contribution in [2.24, 2.45) is 5.92 Å². The monoisotopic (exact) mass is 194 g/mol. The maximum atomic E-state index is 9.70. The van der Waals surface area contributed by atoms with Gasteiger partial charge in [-0.2, -0.15) is 0 Å². The van der Waals surface area contributed by atoms with Crippen LogP contribution < -0.4 is 5.46 Å². The largest absolute Gasteiger partial charge is 0.488 e. The molecule has 0 aromatic heterocycles. The third-order valence-electron chi connectivity index (χ3n) is 2.21. The van der Waals surface area contributed by atoms with Gasteiger partial charge in [0.05, 0.1) is 6.10 Å². The Morgan fingerprint density at radius 2 is 1.57 bits per heavy atom. The van der Waals surface area contributed by atoms with Gasteiger partial charge < -0.3 is 15.2 Å². The van der Waals surface area contributed by atoms with Crippen LogP contribution >= 0.6 is 0 Å². The molecule has 3 nitrogen and oxygen atoms in total. The summed E-state index contributed by atoms with van der Waals surface area (Å²) in [5, 5.41) is 27.4. The van der Waals surface area contributed by atoms with E-state index in [2.05, 4.69) is 0 Å². The molecule has 3 N–H and O–H groups in total. The van der Waals surface area contributed by atoms with E-state index in [-0.39, 0.29) is 5.92 Å². The van der Waals surface area contributed by atoms with E-state index in [4.69, 9.17) is 10.0 Å². The van der Waals surface area contributed by atoms with Crippen LogP contribution in [0.3, 0.4) is 0 Å². The van der Waals surface area contributed by atoms with Crippen LogP contribution in [-0.2, 0) is 0 Å². The molecule has 1 rings (SSSR count). The van der Waals surface area contributed by atoms with Gasteiger partial charge in [0.15, 0.2) is 0 Å². The molecular formula is C10H15BO3. The summed E-state index contributed by atoms with van der Waals surface area (Å²) < 4.78 is 0. The van der Waals surface area contributed by atoms with Gasteiger partial charge in [0.2, 0.25) is 0 Å². The van der Waals surface area contributed by atoms with Gasteiger partial charge >= 0.3 is 7.12 Å². The fourth-order valence-electron chi connectivity index (χ4n) is 1.25. The second-order valence-corrected chi connectivity index (χ2v) is 3.73. The zero-order valence-corrected chi connectivity index (χ0v) is 8.38. The van der Waals surface area contributed by atoms with Crippen molar-refractivity contribution < 1.29 is 15.2 Å². The molecule has 1 aromatic carbocycles. The molecule has 0 fully saturated rings. The lowest BCUT2D eigenvalue weighted by atomic mass is 9.79. The Balaban J connectivity index is 2.83. The first-order chi connectivity index (χ1) is 6.52. The maximum absolute atomic E-state index is 9.70. The van der Waals surface area contributed by atoms with Crippen LogP contribution in [0, 0.1) is 5.92 Å². The minimum Gasteiger partial charge on any atom is -0.423 e. The van der Waals surface area contributed by atoms with Crippen LogP contribution in [-0.4, -0.2) is 22.3 Å². The van der Waals surface area contributed by atoms with Crippen LogP contribution in [0.5, 0.6) is 0 Å². The van der Waals surface area contributed by atoms with E-state index in [0.717, 1.165) is 5.56 Å². The third kappa shape index (κ3) is 2.58. The summed E-state index contributed by atoms with van der Waals surface area (Å²) in [5.74, 6) is 0.153. The molecule has 0 heterocycles. The van der Waals surface area contributed by atoms with Gasteiger partial charge in [0.25, 0.3) is 0 Å². The number of benzene rings is 1. The number of aliphatic hydroxyl groups excluding tert-OH is 1. The molecular weight excluding hydrogens is 179 g/mol. The van der Waals surface area contributed by atoms with Gasteiger partial charge in [0, 0.05) is 0 Å². The molecule has 0 saturated heterocycles. The standard InChI is InChI=1S/C10H15BO3/c1-7(2)10(12)8-3-5-9(6-4-8)11(13)14/h3-7,10,12-14H,1-2H3. The lowest BCUT2D eigenvalue weighted by Gasteiger charge is -2.14. The minimum atomic E-state index is -1.44. The van der Waals surface area contributed by atoms with Crippen molar-refractivity contribution in [1.82, 2.24) is 0 Å². The molecule has 0 aliphatic rings. The highest BCUT2D eigenvalue weighted by Gasteiger charge is 2.14. The predicted octanol–water partition coefficient (Wildman–Crippen LogP) is 0.0558. The maximum Gasteiger partial charge on any atom is 0.488 e. The molecule has 0 bridgehead atoms. The number of hydrogen-bond acceptors (Lipinski definition) is 3. The zero-order chi connectivity index (χ0) is 10.7. The van der Waals surface area contributed by atoms with E-state index in [9.17, 15) is 5.11 Å². The molecule has 1 aromatic rings. The van der Waals surface area contributed by atoms with E-state index in [1.54, 1.807) is 24.3 Å². The number of aliphatic hydroxyl groups is 1. The van der Waals surface area contributed by atoms with E-state index in [1.807, 2.05) is 13.8 Å². The Labute approximate surface area is 84.2 Å². The second-order valence-electron chi connectivity index (χ2n) is 3.73. The highest BCUT2D eigenvalue weighted by atomic mass is 16.4. The van der Waals surface area contributed by atoms with Gasteiger partial charge in [-0.15, -0.1) is 0 Å². The molecule has 76 valence electrons. The molecule has 0 aliphatic carbocycles. The first kappa shape index (κ1) is 11.2. The average molecular weight is 194 g/mol. The van der Waals surface area contributed by atoms with Crippen LogP contribution in [0.25, 0.3) is 0 Å². The van der Waals surface area contributed by atoms with Crippen molar-refractivity contribution >= 4 is 12.6 Å². The topological polar surface area (TPSA) is 60.7 Å². The lowest BCUT2D eigenvalue weighted by molar-refractivity contribution is 0.127. The number of rotatable bonds is 3. The quantitative estimate of drug-likeness (QED) is 0.596. The molecule has 0 aliphatic heterocycles. The summed E-state index contributed by atoms with van der Waals surface area (Å²) in [6.45, 7) is 3.86. The van der Waals surface area contributed by atoms with E-state index in [1.165, 1.54) is 0 Å². The van der Waals surface area contributed by atoms with Gasteiger partial charge in [-0.25, -0.2) is 0 Å². The summed E-state index contributed by atoms with van der Waals surface area (Å²) in [6, 6.07) is 6.62. The summed E-state index contributed by atoms with van der Waals surface area (Å²) >= 11 is 0. The van der Waals surface area contributed by atoms with E-state index < -0.39 is 13.2 Å². The van der Waals surface area contributed by atoms with Gasteiger partial charge in [0.1, 0.15) is 0 Å². The highest BCUT2D eigenvalue weighted by Crippen LogP contribution is 2.19. The third-order valence-corrected chi connectivity index (χ3v) is 2.21. The molecule has 0 saturated carbocycles. The van der Waals surface area contributed by atoms with Crippen molar-refractivity contribution in [1.29, 1.82) is 0 Å². The molecule has 0 spiro atoms. The van der Waals surface area contributed by atoms with Crippen LogP contribution in [0.1, 0.15) is 25.5 Å². The molecule has 1 unspecified atom stereocenters. The average Bonchev–Trinajstić information content (AvgIpc) is 2.16. The normalized spacial score (nSPS) is 13.0.